The number of carbonyl (C=O) groups excluding carboxylic acids is 2. The van der Waals surface area contributed by atoms with Crippen LogP contribution in [0.15, 0.2) is 47.4 Å². The topological polar surface area (TPSA) is 71.4 Å². The zero-order valence-corrected chi connectivity index (χ0v) is 14.9. The fraction of sp³-hybridized carbons (Fsp3) is 0.350. The minimum absolute atomic E-state index is 0.0322. The number of hydrogen-bond donors (Lipinski definition) is 1. The van der Waals surface area contributed by atoms with E-state index in [0.29, 0.717) is 17.8 Å². The van der Waals surface area contributed by atoms with Crippen LogP contribution in [0.2, 0.25) is 0 Å². The quantitative estimate of drug-likeness (QED) is 0.897. The zero-order chi connectivity index (χ0) is 18.5. The third-order valence-electron chi connectivity index (χ3n) is 4.63. The van der Waals surface area contributed by atoms with Crippen molar-refractivity contribution in [1.82, 2.24) is 9.47 Å². The second-order valence-corrected chi connectivity index (χ2v) is 6.53. The molecule has 0 radical (unpaired) electrons. The summed E-state index contributed by atoms with van der Waals surface area (Å²) in [6, 6.07) is 10.3. The van der Waals surface area contributed by atoms with E-state index in [1.807, 2.05) is 24.0 Å². The van der Waals surface area contributed by atoms with Crippen molar-refractivity contribution in [2.24, 2.45) is 0 Å². The molecule has 0 spiro atoms. The van der Waals surface area contributed by atoms with Crippen LogP contribution in [0.5, 0.6) is 0 Å². The molecular weight excluding hydrogens is 330 g/mol. The predicted molar refractivity (Wildman–Crippen MR) is 100 cm³/mol. The summed E-state index contributed by atoms with van der Waals surface area (Å²) in [7, 11) is 0. The van der Waals surface area contributed by atoms with Crippen LogP contribution < -0.4 is 10.9 Å². The van der Waals surface area contributed by atoms with Crippen molar-refractivity contribution in [1.29, 1.82) is 0 Å². The van der Waals surface area contributed by atoms with Gasteiger partial charge in [0.2, 0.25) is 5.91 Å². The van der Waals surface area contributed by atoms with Gasteiger partial charge in [0.15, 0.2) is 0 Å². The lowest BCUT2D eigenvalue weighted by molar-refractivity contribution is -0.116. The highest BCUT2D eigenvalue weighted by molar-refractivity contribution is 6.04. The molecule has 1 aromatic carbocycles. The Morgan fingerprint density at radius 2 is 1.85 bits per heavy atom. The Morgan fingerprint density at radius 3 is 2.58 bits per heavy atom. The standard InChI is InChI=1S/C20H23N3O3/c1-15-7-6-8-16(19(15)20(26)23-12-4-5-13-23)21-17(24)10-14-22-11-3-2-9-18(22)25/h2-3,6-9,11H,4-5,10,12-14H2,1H3,(H,21,24). The fourth-order valence-corrected chi connectivity index (χ4v) is 3.21. The average molecular weight is 353 g/mol. The molecule has 1 N–H and O–H groups in total. The number of benzene rings is 1. The van der Waals surface area contributed by atoms with Crippen LogP contribution >= 0.6 is 0 Å². The molecule has 2 aromatic rings. The van der Waals surface area contributed by atoms with Crippen LogP contribution in [-0.4, -0.2) is 34.4 Å². The lowest BCUT2D eigenvalue weighted by Crippen LogP contribution is -2.29. The Morgan fingerprint density at radius 1 is 1.08 bits per heavy atom. The fourth-order valence-electron chi connectivity index (χ4n) is 3.21. The third-order valence-corrected chi connectivity index (χ3v) is 4.63. The number of rotatable bonds is 5. The Hall–Kier alpha value is -2.89. The van der Waals surface area contributed by atoms with Gasteiger partial charge in [-0.1, -0.05) is 18.2 Å². The van der Waals surface area contributed by atoms with E-state index in [-0.39, 0.29) is 23.8 Å². The summed E-state index contributed by atoms with van der Waals surface area (Å²) in [6.45, 7) is 3.70. The van der Waals surface area contributed by atoms with Gasteiger partial charge in [0.1, 0.15) is 0 Å². The van der Waals surface area contributed by atoms with E-state index in [4.69, 9.17) is 0 Å². The molecule has 3 rings (SSSR count). The van der Waals surface area contributed by atoms with E-state index >= 15 is 0 Å². The number of nitrogens with zero attached hydrogens (tertiary/aromatic N) is 2. The number of hydrogen-bond acceptors (Lipinski definition) is 3. The van der Waals surface area contributed by atoms with Crippen molar-refractivity contribution >= 4 is 17.5 Å². The van der Waals surface area contributed by atoms with Gasteiger partial charge in [-0.15, -0.1) is 0 Å². The molecule has 1 aliphatic heterocycles. The zero-order valence-electron chi connectivity index (χ0n) is 14.9. The van der Waals surface area contributed by atoms with E-state index in [1.54, 1.807) is 24.4 Å². The number of nitrogens with one attached hydrogen (secondary N) is 1. The summed E-state index contributed by atoms with van der Waals surface area (Å²) in [5.74, 6) is -0.253. The van der Waals surface area contributed by atoms with Gasteiger partial charge in [0.25, 0.3) is 11.5 Å². The van der Waals surface area contributed by atoms with Crippen molar-refractivity contribution in [2.75, 3.05) is 18.4 Å². The smallest absolute Gasteiger partial charge is 0.256 e. The SMILES string of the molecule is Cc1cccc(NC(=O)CCn2ccccc2=O)c1C(=O)N1CCCC1. The van der Waals surface area contributed by atoms with Crippen LogP contribution in [0.1, 0.15) is 35.2 Å². The number of anilines is 1. The molecular formula is C20H23N3O3. The van der Waals surface area contributed by atoms with Crippen LogP contribution in [0.3, 0.4) is 0 Å². The lowest BCUT2D eigenvalue weighted by atomic mass is 10.0. The van der Waals surface area contributed by atoms with Crippen molar-refractivity contribution in [2.45, 2.75) is 32.7 Å². The molecule has 0 aliphatic carbocycles. The van der Waals surface area contributed by atoms with Crippen molar-refractivity contribution < 1.29 is 9.59 Å². The summed E-state index contributed by atoms with van der Waals surface area (Å²) in [4.78, 5) is 38.7. The van der Waals surface area contributed by atoms with Crippen LogP contribution in [-0.2, 0) is 11.3 Å². The lowest BCUT2D eigenvalue weighted by Gasteiger charge is -2.19. The first-order valence-electron chi connectivity index (χ1n) is 8.90. The second kappa shape index (κ2) is 7.99. The molecule has 0 bridgehead atoms. The van der Waals surface area contributed by atoms with Gasteiger partial charge in [-0.3, -0.25) is 14.4 Å². The van der Waals surface area contributed by atoms with Gasteiger partial charge in [0, 0.05) is 38.3 Å². The first-order chi connectivity index (χ1) is 12.6. The van der Waals surface area contributed by atoms with Gasteiger partial charge in [-0.05, 0) is 37.5 Å². The molecule has 1 aliphatic rings. The van der Waals surface area contributed by atoms with E-state index in [2.05, 4.69) is 5.32 Å². The number of pyridine rings is 1. The maximum Gasteiger partial charge on any atom is 0.256 e. The predicted octanol–water partition coefficient (Wildman–Crippen LogP) is 2.42. The van der Waals surface area contributed by atoms with Crippen molar-refractivity contribution in [3.63, 3.8) is 0 Å². The molecule has 2 heterocycles. The van der Waals surface area contributed by atoms with Gasteiger partial charge in [-0.2, -0.15) is 0 Å². The Kier molecular flexibility index (Phi) is 5.51. The molecule has 0 atom stereocenters. The van der Waals surface area contributed by atoms with Gasteiger partial charge < -0.3 is 14.8 Å². The monoisotopic (exact) mass is 353 g/mol. The van der Waals surface area contributed by atoms with Crippen LogP contribution in [0.4, 0.5) is 5.69 Å². The molecule has 6 heteroatoms. The highest BCUT2D eigenvalue weighted by Crippen LogP contribution is 2.23. The third kappa shape index (κ3) is 4.02. The number of amides is 2. The number of likely N-dealkylation sites (tertiary alicyclic amines) is 1. The molecule has 0 unspecified atom stereocenters. The van der Waals surface area contributed by atoms with Crippen molar-refractivity contribution in [3.8, 4) is 0 Å². The first-order valence-corrected chi connectivity index (χ1v) is 8.90. The largest absolute Gasteiger partial charge is 0.339 e. The highest BCUT2D eigenvalue weighted by Gasteiger charge is 2.24. The minimum atomic E-state index is -0.221. The summed E-state index contributed by atoms with van der Waals surface area (Å²) in [5, 5.41) is 2.84. The minimum Gasteiger partial charge on any atom is -0.339 e. The number of aromatic nitrogens is 1. The number of carbonyl (C=O) groups is 2. The Balaban J connectivity index is 1.72. The normalized spacial score (nSPS) is 13.7. The van der Waals surface area contributed by atoms with Crippen molar-refractivity contribution in [3.05, 3.63) is 64.1 Å². The van der Waals surface area contributed by atoms with Gasteiger partial charge >= 0.3 is 0 Å². The molecule has 0 saturated carbocycles. The molecule has 2 amide bonds. The van der Waals surface area contributed by atoms with Gasteiger partial charge in [-0.25, -0.2) is 0 Å². The molecule has 136 valence electrons. The molecule has 1 saturated heterocycles. The van der Waals surface area contributed by atoms with E-state index in [1.165, 1.54) is 10.6 Å². The first kappa shape index (κ1) is 17.9. The van der Waals surface area contributed by atoms with E-state index in [9.17, 15) is 14.4 Å². The summed E-state index contributed by atoms with van der Waals surface area (Å²) >= 11 is 0. The molecule has 26 heavy (non-hydrogen) atoms. The van der Waals surface area contributed by atoms with E-state index in [0.717, 1.165) is 31.5 Å². The number of aryl methyl sites for hydroxylation is 2. The summed E-state index contributed by atoms with van der Waals surface area (Å²) < 4.78 is 1.49. The molecule has 6 nitrogen and oxygen atoms in total. The van der Waals surface area contributed by atoms with Crippen LogP contribution in [0, 0.1) is 6.92 Å². The summed E-state index contributed by atoms with van der Waals surface area (Å²) in [5.41, 5.74) is 1.80. The van der Waals surface area contributed by atoms with Gasteiger partial charge in [0.05, 0.1) is 11.3 Å². The van der Waals surface area contributed by atoms with E-state index < -0.39 is 0 Å². The second-order valence-electron chi connectivity index (χ2n) is 6.53. The summed E-state index contributed by atoms with van der Waals surface area (Å²) in [6.07, 6.45) is 3.86. The molecule has 1 fully saturated rings. The molecule has 1 aromatic heterocycles. The Labute approximate surface area is 152 Å². The Bertz CT molecular complexity index is 867. The highest BCUT2D eigenvalue weighted by atomic mass is 16.2. The maximum absolute atomic E-state index is 12.8. The van der Waals surface area contributed by atoms with Crippen LogP contribution in [0.25, 0.3) is 0 Å². The maximum atomic E-state index is 12.8. The average Bonchev–Trinajstić information content (AvgIpc) is 3.15.